The lowest BCUT2D eigenvalue weighted by Gasteiger charge is -2.32. The number of hydrogen-bond donors (Lipinski definition) is 1. The lowest BCUT2D eigenvalue weighted by atomic mass is 10.2. The molecule has 0 spiro atoms. The second-order valence-corrected chi connectivity index (χ2v) is 4.04. The van der Waals surface area contributed by atoms with Crippen LogP contribution in [0.5, 0.6) is 0 Å². The number of nitriles is 1. The summed E-state index contributed by atoms with van der Waals surface area (Å²) in [5.74, 6) is 0. The van der Waals surface area contributed by atoms with Crippen molar-refractivity contribution in [1.29, 1.82) is 5.26 Å². The summed E-state index contributed by atoms with van der Waals surface area (Å²) in [5, 5.41) is 12.2. The molecule has 14 heavy (non-hydrogen) atoms. The van der Waals surface area contributed by atoms with E-state index in [2.05, 4.69) is 35.3 Å². The van der Waals surface area contributed by atoms with Gasteiger partial charge in [-0.2, -0.15) is 5.26 Å². The number of rotatable bonds is 4. The van der Waals surface area contributed by atoms with Crippen molar-refractivity contribution in [2.75, 3.05) is 46.8 Å². The first-order valence-electron chi connectivity index (χ1n) is 5.23. The Bertz CT molecular complexity index is 197. The van der Waals surface area contributed by atoms with E-state index < -0.39 is 0 Å². The molecule has 1 atom stereocenters. The molecule has 4 heteroatoms. The zero-order valence-corrected chi connectivity index (χ0v) is 9.16. The largest absolute Gasteiger partial charge is 0.313 e. The van der Waals surface area contributed by atoms with Gasteiger partial charge >= 0.3 is 0 Å². The van der Waals surface area contributed by atoms with Gasteiger partial charge in [0.05, 0.1) is 6.07 Å². The van der Waals surface area contributed by atoms with Gasteiger partial charge in [0.25, 0.3) is 0 Å². The van der Waals surface area contributed by atoms with E-state index in [1.54, 1.807) is 0 Å². The second-order valence-electron chi connectivity index (χ2n) is 4.04. The van der Waals surface area contributed by atoms with E-state index in [1.807, 2.05) is 0 Å². The molecule has 80 valence electrons. The van der Waals surface area contributed by atoms with Gasteiger partial charge in [-0.1, -0.05) is 0 Å². The van der Waals surface area contributed by atoms with Crippen molar-refractivity contribution in [3.8, 4) is 6.07 Å². The molecule has 0 aromatic carbocycles. The first-order chi connectivity index (χ1) is 6.74. The van der Waals surface area contributed by atoms with Gasteiger partial charge in [-0.15, -0.1) is 0 Å². The zero-order chi connectivity index (χ0) is 10.4. The third kappa shape index (κ3) is 3.62. The van der Waals surface area contributed by atoms with E-state index in [-0.39, 0.29) is 6.04 Å². The number of nitrogens with zero attached hydrogens (tertiary/aromatic N) is 3. The summed E-state index contributed by atoms with van der Waals surface area (Å²) in [6.07, 6.45) is 1.14. The van der Waals surface area contributed by atoms with Crippen LogP contribution in [-0.4, -0.2) is 62.7 Å². The molecule has 0 radical (unpaired) electrons. The van der Waals surface area contributed by atoms with Gasteiger partial charge in [-0.05, 0) is 27.1 Å². The average Bonchev–Trinajstić information content (AvgIpc) is 2.18. The van der Waals surface area contributed by atoms with E-state index in [9.17, 15) is 0 Å². The molecule has 4 nitrogen and oxygen atoms in total. The highest BCUT2D eigenvalue weighted by atomic mass is 15.2. The van der Waals surface area contributed by atoms with E-state index in [0.29, 0.717) is 0 Å². The summed E-state index contributed by atoms with van der Waals surface area (Å²) < 4.78 is 0. The van der Waals surface area contributed by atoms with Crippen LogP contribution in [0.4, 0.5) is 0 Å². The van der Waals surface area contributed by atoms with Crippen molar-refractivity contribution in [2.45, 2.75) is 12.5 Å². The fraction of sp³-hybridized carbons (Fsp3) is 0.900. The van der Waals surface area contributed by atoms with Gasteiger partial charge in [-0.25, -0.2) is 0 Å². The first kappa shape index (κ1) is 11.4. The first-order valence-corrected chi connectivity index (χ1v) is 5.23. The summed E-state index contributed by atoms with van der Waals surface area (Å²) in [6.45, 7) is 4.98. The molecule has 0 aromatic rings. The molecule has 1 rings (SSSR count). The van der Waals surface area contributed by atoms with Crippen molar-refractivity contribution in [1.82, 2.24) is 15.1 Å². The minimum Gasteiger partial charge on any atom is -0.313 e. The van der Waals surface area contributed by atoms with Crippen LogP contribution in [0.25, 0.3) is 0 Å². The SMILES string of the molecule is CN(C)CCCN1CCNCC1C#N. The fourth-order valence-electron chi connectivity index (χ4n) is 1.73. The van der Waals surface area contributed by atoms with Crippen molar-refractivity contribution in [3.63, 3.8) is 0 Å². The predicted octanol–water partition coefficient (Wildman–Crippen LogP) is -0.265. The lowest BCUT2D eigenvalue weighted by molar-refractivity contribution is 0.188. The van der Waals surface area contributed by atoms with Crippen molar-refractivity contribution in [3.05, 3.63) is 0 Å². The minimum absolute atomic E-state index is 0.0749. The normalized spacial score (nSPS) is 23.7. The molecule has 1 fully saturated rings. The Morgan fingerprint density at radius 3 is 3.00 bits per heavy atom. The van der Waals surface area contributed by atoms with Crippen LogP contribution in [0, 0.1) is 11.3 Å². The third-order valence-electron chi connectivity index (χ3n) is 2.55. The number of nitrogens with one attached hydrogen (secondary N) is 1. The monoisotopic (exact) mass is 196 g/mol. The molecule has 0 saturated carbocycles. The summed E-state index contributed by atoms with van der Waals surface area (Å²) in [6, 6.07) is 2.42. The summed E-state index contributed by atoms with van der Waals surface area (Å²) in [7, 11) is 4.17. The molecule has 0 aliphatic carbocycles. The molecule has 0 aromatic heterocycles. The van der Waals surface area contributed by atoms with Crippen LogP contribution in [0.2, 0.25) is 0 Å². The Morgan fingerprint density at radius 2 is 2.36 bits per heavy atom. The topological polar surface area (TPSA) is 42.3 Å². The van der Waals surface area contributed by atoms with Crippen LogP contribution in [0.1, 0.15) is 6.42 Å². The molecule has 1 saturated heterocycles. The predicted molar refractivity (Wildman–Crippen MR) is 57.0 cm³/mol. The lowest BCUT2D eigenvalue weighted by Crippen LogP contribution is -2.51. The Balaban J connectivity index is 2.24. The Morgan fingerprint density at radius 1 is 1.57 bits per heavy atom. The highest BCUT2D eigenvalue weighted by Crippen LogP contribution is 2.03. The molecule has 0 bridgehead atoms. The average molecular weight is 196 g/mol. The Labute approximate surface area is 86.5 Å². The smallest absolute Gasteiger partial charge is 0.110 e. The zero-order valence-electron chi connectivity index (χ0n) is 9.16. The van der Waals surface area contributed by atoms with Crippen LogP contribution >= 0.6 is 0 Å². The molecular formula is C10H20N4. The standard InChI is InChI=1S/C10H20N4/c1-13(2)5-3-6-14-7-4-12-9-10(14)8-11/h10,12H,3-7,9H2,1-2H3. The van der Waals surface area contributed by atoms with E-state index in [4.69, 9.17) is 5.26 Å². The van der Waals surface area contributed by atoms with Gasteiger partial charge < -0.3 is 10.2 Å². The maximum absolute atomic E-state index is 8.93. The van der Waals surface area contributed by atoms with Gasteiger partial charge in [0.2, 0.25) is 0 Å². The number of hydrogen-bond acceptors (Lipinski definition) is 4. The van der Waals surface area contributed by atoms with Gasteiger partial charge in [0, 0.05) is 26.2 Å². The summed E-state index contributed by atoms with van der Waals surface area (Å²) >= 11 is 0. The van der Waals surface area contributed by atoms with Crippen LogP contribution in [-0.2, 0) is 0 Å². The minimum atomic E-state index is 0.0749. The molecule has 1 aliphatic rings. The second kappa shape index (κ2) is 5.97. The maximum Gasteiger partial charge on any atom is 0.110 e. The van der Waals surface area contributed by atoms with Crippen molar-refractivity contribution < 1.29 is 0 Å². The Hall–Kier alpha value is -0.630. The highest BCUT2D eigenvalue weighted by molar-refractivity contribution is 4.95. The van der Waals surface area contributed by atoms with Gasteiger partial charge in [0.15, 0.2) is 0 Å². The fourth-order valence-corrected chi connectivity index (χ4v) is 1.73. The quantitative estimate of drug-likeness (QED) is 0.672. The van der Waals surface area contributed by atoms with Crippen molar-refractivity contribution >= 4 is 0 Å². The molecule has 1 unspecified atom stereocenters. The summed E-state index contributed by atoms with van der Waals surface area (Å²) in [4.78, 5) is 4.46. The third-order valence-corrected chi connectivity index (χ3v) is 2.55. The van der Waals surface area contributed by atoms with E-state index in [0.717, 1.165) is 39.1 Å². The molecule has 1 N–H and O–H groups in total. The highest BCUT2D eigenvalue weighted by Gasteiger charge is 2.20. The van der Waals surface area contributed by atoms with Crippen LogP contribution < -0.4 is 5.32 Å². The molecule has 1 heterocycles. The number of piperazine rings is 1. The van der Waals surface area contributed by atoms with Crippen LogP contribution in [0.15, 0.2) is 0 Å². The molecular weight excluding hydrogens is 176 g/mol. The molecule has 0 amide bonds. The molecule has 1 aliphatic heterocycles. The van der Waals surface area contributed by atoms with E-state index in [1.165, 1.54) is 0 Å². The van der Waals surface area contributed by atoms with Crippen molar-refractivity contribution in [2.24, 2.45) is 0 Å². The van der Waals surface area contributed by atoms with Gasteiger partial charge in [0.1, 0.15) is 6.04 Å². The van der Waals surface area contributed by atoms with Crippen LogP contribution in [0.3, 0.4) is 0 Å². The summed E-state index contributed by atoms with van der Waals surface area (Å²) in [5.41, 5.74) is 0. The Kier molecular flexibility index (Phi) is 4.88. The van der Waals surface area contributed by atoms with E-state index >= 15 is 0 Å². The maximum atomic E-state index is 8.93. The van der Waals surface area contributed by atoms with Gasteiger partial charge in [-0.3, -0.25) is 4.90 Å².